The maximum atomic E-state index is 9.55. The SMILES string of the molecule is CN1CCC(c2nn(-c3ccccn3)c3ccccc23)CC1.O=C(O)C=CC(=O)O. The number of benzene rings is 1. The summed E-state index contributed by atoms with van der Waals surface area (Å²) in [5.74, 6) is -1.08. The summed E-state index contributed by atoms with van der Waals surface area (Å²) in [5, 5.41) is 21.8. The minimum Gasteiger partial charge on any atom is -0.478 e. The summed E-state index contributed by atoms with van der Waals surface area (Å²) in [6.45, 7) is 2.30. The third kappa shape index (κ3) is 5.30. The number of carboxylic acids is 2. The number of piperidine rings is 1. The van der Waals surface area contributed by atoms with Crippen molar-refractivity contribution in [3.63, 3.8) is 0 Å². The van der Waals surface area contributed by atoms with Crippen LogP contribution in [0, 0.1) is 0 Å². The Morgan fingerprint density at radius 3 is 2.23 bits per heavy atom. The normalized spacial score (nSPS) is 15.1. The van der Waals surface area contributed by atoms with Crippen LogP contribution < -0.4 is 0 Å². The van der Waals surface area contributed by atoms with Gasteiger partial charge in [-0.3, -0.25) is 0 Å². The van der Waals surface area contributed by atoms with Gasteiger partial charge in [0, 0.05) is 29.7 Å². The van der Waals surface area contributed by atoms with Crippen molar-refractivity contribution in [2.24, 2.45) is 0 Å². The molecule has 1 aromatic carbocycles. The number of rotatable bonds is 4. The molecule has 0 unspecified atom stereocenters. The van der Waals surface area contributed by atoms with Gasteiger partial charge in [-0.2, -0.15) is 5.10 Å². The lowest BCUT2D eigenvalue weighted by atomic mass is 9.92. The summed E-state index contributed by atoms with van der Waals surface area (Å²) >= 11 is 0. The summed E-state index contributed by atoms with van der Waals surface area (Å²) < 4.78 is 1.99. The van der Waals surface area contributed by atoms with Crippen molar-refractivity contribution in [3.05, 3.63) is 66.5 Å². The first-order chi connectivity index (χ1) is 14.5. The van der Waals surface area contributed by atoms with Crippen LogP contribution in [0.1, 0.15) is 24.5 Å². The van der Waals surface area contributed by atoms with Crippen molar-refractivity contribution < 1.29 is 19.8 Å². The first-order valence-electron chi connectivity index (χ1n) is 9.67. The standard InChI is InChI=1S/C18H20N4.C4H4O4/c1-21-12-9-14(10-13-21)18-15-6-2-3-7-16(15)22(20-18)17-8-4-5-11-19-17;5-3(6)1-2-4(7)8/h2-8,11,14H,9-10,12-13H2,1H3;1-2H,(H,5,6)(H,7,8). The zero-order chi connectivity index (χ0) is 21.5. The second kappa shape index (κ2) is 9.80. The van der Waals surface area contributed by atoms with Gasteiger partial charge in [-0.1, -0.05) is 24.3 Å². The quantitative estimate of drug-likeness (QED) is 0.639. The number of carbonyl (C=O) groups is 2. The van der Waals surface area contributed by atoms with E-state index in [9.17, 15) is 9.59 Å². The van der Waals surface area contributed by atoms with Crippen LogP contribution in [0.5, 0.6) is 0 Å². The molecule has 0 bridgehead atoms. The van der Waals surface area contributed by atoms with E-state index in [1.807, 2.05) is 29.1 Å². The van der Waals surface area contributed by atoms with E-state index in [0.717, 1.165) is 24.4 Å². The molecule has 0 atom stereocenters. The minimum absolute atomic E-state index is 0.547. The molecule has 3 heterocycles. The monoisotopic (exact) mass is 408 g/mol. The molecule has 156 valence electrons. The van der Waals surface area contributed by atoms with Crippen LogP contribution in [0.4, 0.5) is 0 Å². The predicted octanol–water partition coefficient (Wildman–Crippen LogP) is 2.94. The van der Waals surface area contributed by atoms with Crippen molar-refractivity contribution in [2.45, 2.75) is 18.8 Å². The van der Waals surface area contributed by atoms with Crippen LogP contribution in [0.3, 0.4) is 0 Å². The van der Waals surface area contributed by atoms with Gasteiger partial charge in [0.1, 0.15) is 0 Å². The lowest BCUT2D eigenvalue weighted by Crippen LogP contribution is -2.29. The Balaban J connectivity index is 0.000000275. The van der Waals surface area contributed by atoms with E-state index in [1.54, 1.807) is 0 Å². The largest absolute Gasteiger partial charge is 0.478 e. The molecular weight excluding hydrogens is 384 g/mol. The first-order valence-corrected chi connectivity index (χ1v) is 9.67. The number of hydrogen-bond acceptors (Lipinski definition) is 5. The fourth-order valence-corrected chi connectivity index (χ4v) is 3.47. The number of carboxylic acid groups (broad SMARTS) is 2. The topological polar surface area (TPSA) is 109 Å². The smallest absolute Gasteiger partial charge is 0.328 e. The Kier molecular flexibility index (Phi) is 6.92. The number of pyridine rings is 1. The molecule has 30 heavy (non-hydrogen) atoms. The molecule has 2 N–H and O–H groups in total. The fraction of sp³-hybridized carbons (Fsp3) is 0.273. The molecule has 0 aliphatic carbocycles. The number of aliphatic carboxylic acids is 2. The third-order valence-electron chi connectivity index (χ3n) is 4.96. The highest BCUT2D eigenvalue weighted by atomic mass is 16.4. The van der Waals surface area contributed by atoms with Crippen LogP contribution in [0.15, 0.2) is 60.8 Å². The maximum absolute atomic E-state index is 9.55. The van der Waals surface area contributed by atoms with Gasteiger partial charge >= 0.3 is 11.9 Å². The molecule has 1 aliphatic heterocycles. The van der Waals surface area contributed by atoms with Gasteiger partial charge < -0.3 is 15.1 Å². The van der Waals surface area contributed by atoms with Crippen LogP contribution in [-0.4, -0.2) is 62.0 Å². The van der Waals surface area contributed by atoms with Crippen LogP contribution in [0.2, 0.25) is 0 Å². The molecule has 0 spiro atoms. The average Bonchev–Trinajstić information content (AvgIpc) is 3.14. The Bertz CT molecular complexity index is 1020. The van der Waals surface area contributed by atoms with Gasteiger partial charge in [0.15, 0.2) is 5.82 Å². The number of aromatic nitrogens is 3. The highest BCUT2D eigenvalue weighted by molar-refractivity contribution is 5.89. The van der Waals surface area contributed by atoms with E-state index in [0.29, 0.717) is 18.1 Å². The van der Waals surface area contributed by atoms with Gasteiger partial charge in [-0.05, 0) is 51.2 Å². The second-order valence-electron chi connectivity index (χ2n) is 7.09. The molecule has 0 radical (unpaired) electrons. The third-order valence-corrected chi connectivity index (χ3v) is 4.96. The number of likely N-dealkylation sites (tertiary alicyclic amines) is 1. The predicted molar refractivity (Wildman–Crippen MR) is 113 cm³/mol. The van der Waals surface area contributed by atoms with Gasteiger partial charge in [-0.15, -0.1) is 0 Å². The lowest BCUT2D eigenvalue weighted by Gasteiger charge is -2.28. The molecule has 1 aliphatic rings. The Hall–Kier alpha value is -3.52. The van der Waals surface area contributed by atoms with E-state index in [2.05, 4.69) is 41.2 Å². The summed E-state index contributed by atoms with van der Waals surface area (Å²) in [5.41, 5.74) is 2.38. The van der Waals surface area contributed by atoms with Crippen molar-refractivity contribution in [2.75, 3.05) is 20.1 Å². The van der Waals surface area contributed by atoms with E-state index in [-0.39, 0.29) is 0 Å². The summed E-state index contributed by atoms with van der Waals surface area (Å²) in [6, 6.07) is 14.5. The van der Waals surface area contributed by atoms with Gasteiger partial charge in [0.2, 0.25) is 0 Å². The number of para-hydroxylation sites is 1. The molecule has 1 fully saturated rings. The molecule has 2 aromatic heterocycles. The molecule has 8 heteroatoms. The molecule has 1 saturated heterocycles. The Morgan fingerprint density at radius 1 is 1.00 bits per heavy atom. The number of fused-ring (bicyclic) bond motifs is 1. The van der Waals surface area contributed by atoms with Crippen molar-refractivity contribution in [1.82, 2.24) is 19.7 Å². The number of nitrogens with zero attached hydrogens (tertiary/aromatic N) is 4. The molecular formula is C22H24N4O4. The Morgan fingerprint density at radius 2 is 1.63 bits per heavy atom. The first kappa shape index (κ1) is 21.2. The van der Waals surface area contributed by atoms with Crippen molar-refractivity contribution in [3.8, 4) is 5.82 Å². The molecule has 0 amide bonds. The second-order valence-corrected chi connectivity index (χ2v) is 7.09. The number of hydrogen-bond donors (Lipinski definition) is 2. The average molecular weight is 408 g/mol. The van der Waals surface area contributed by atoms with Crippen molar-refractivity contribution >= 4 is 22.8 Å². The van der Waals surface area contributed by atoms with Crippen molar-refractivity contribution in [1.29, 1.82) is 0 Å². The molecule has 8 nitrogen and oxygen atoms in total. The van der Waals surface area contributed by atoms with E-state index in [4.69, 9.17) is 15.3 Å². The summed E-state index contributed by atoms with van der Waals surface area (Å²) in [7, 11) is 2.20. The van der Waals surface area contributed by atoms with Gasteiger partial charge in [0.25, 0.3) is 0 Å². The van der Waals surface area contributed by atoms with Gasteiger partial charge in [0.05, 0.1) is 11.2 Å². The minimum atomic E-state index is -1.26. The van der Waals surface area contributed by atoms with E-state index in [1.165, 1.54) is 23.9 Å². The summed E-state index contributed by atoms with van der Waals surface area (Å²) in [6.07, 6.45) is 5.30. The van der Waals surface area contributed by atoms with E-state index >= 15 is 0 Å². The van der Waals surface area contributed by atoms with Crippen LogP contribution in [0.25, 0.3) is 16.7 Å². The lowest BCUT2D eigenvalue weighted by molar-refractivity contribution is -0.134. The highest BCUT2D eigenvalue weighted by Gasteiger charge is 2.24. The zero-order valence-electron chi connectivity index (χ0n) is 16.7. The van der Waals surface area contributed by atoms with E-state index < -0.39 is 11.9 Å². The van der Waals surface area contributed by atoms with Crippen LogP contribution in [-0.2, 0) is 9.59 Å². The molecule has 0 saturated carbocycles. The summed E-state index contributed by atoms with van der Waals surface area (Å²) in [4.78, 5) is 26.0. The maximum Gasteiger partial charge on any atom is 0.328 e. The fourth-order valence-electron chi connectivity index (χ4n) is 3.47. The molecule has 3 aromatic rings. The zero-order valence-corrected chi connectivity index (χ0v) is 16.7. The molecule has 4 rings (SSSR count). The highest BCUT2D eigenvalue weighted by Crippen LogP contribution is 2.32. The van der Waals surface area contributed by atoms with Crippen LogP contribution >= 0.6 is 0 Å². The Labute approximate surface area is 174 Å². The van der Waals surface area contributed by atoms with Gasteiger partial charge in [-0.25, -0.2) is 19.3 Å².